The molecule has 0 aromatic heterocycles. The number of aliphatic hydroxyl groups excluding tert-OH is 1. The lowest BCUT2D eigenvalue weighted by molar-refractivity contribution is 0.0454. The molecule has 1 aliphatic heterocycles. The summed E-state index contributed by atoms with van der Waals surface area (Å²) in [5.74, 6) is -0.275. The molecule has 2 aromatic rings. The zero-order chi connectivity index (χ0) is 20.4. The number of fused-ring (bicyclic) bond motifs is 2. The van der Waals surface area contributed by atoms with E-state index in [9.17, 15) is 15.0 Å². The van der Waals surface area contributed by atoms with Gasteiger partial charge in [-0.25, -0.2) is 4.79 Å². The molecule has 3 rings (SSSR count). The Bertz CT molecular complexity index is 960. The van der Waals surface area contributed by atoms with Crippen molar-refractivity contribution in [2.75, 3.05) is 7.11 Å². The van der Waals surface area contributed by atoms with Crippen LogP contribution in [0.1, 0.15) is 53.4 Å². The number of hydrogen-bond acceptors (Lipinski definition) is 7. The van der Waals surface area contributed by atoms with Crippen LogP contribution in [0.25, 0.3) is 0 Å². The number of phenols is 1. The normalized spacial score (nSPS) is 13.9. The van der Waals surface area contributed by atoms with Gasteiger partial charge in [0.1, 0.15) is 23.7 Å². The molecule has 1 atom stereocenters. The highest BCUT2D eigenvalue weighted by Crippen LogP contribution is 2.44. The number of benzene rings is 2. The second-order valence-corrected chi connectivity index (χ2v) is 6.98. The van der Waals surface area contributed by atoms with Gasteiger partial charge in [0.05, 0.1) is 24.8 Å². The number of carbonyl (C=O) groups is 1. The minimum absolute atomic E-state index is 0.0391. The molecule has 0 fully saturated rings. The molecule has 28 heavy (non-hydrogen) atoms. The summed E-state index contributed by atoms with van der Waals surface area (Å²) in [5.41, 5.74) is 1.09. The maximum atomic E-state index is 12.7. The highest BCUT2D eigenvalue weighted by atomic mass is 16.5. The Morgan fingerprint density at radius 1 is 1.32 bits per heavy atom. The van der Waals surface area contributed by atoms with Crippen LogP contribution in [0.15, 0.2) is 24.3 Å². The number of cyclic esters (lactones) is 1. The standard InChI is InChI=1S/C21H21NO6/c1-11(2)6-15(23)14-4-5-17-18(20(14)26-3)21(25)27-10-13-7-12(9-22)8-16(24)19(13)28-17/h4-5,7-8,11,15,23-24H,6,10H2,1-3H3. The topological polar surface area (TPSA) is 109 Å². The van der Waals surface area contributed by atoms with Crippen molar-refractivity contribution in [2.45, 2.75) is 33.0 Å². The van der Waals surface area contributed by atoms with Crippen LogP contribution in [0.5, 0.6) is 23.0 Å². The number of aromatic hydroxyl groups is 1. The molecule has 0 aliphatic carbocycles. The van der Waals surface area contributed by atoms with Gasteiger partial charge in [-0.1, -0.05) is 13.8 Å². The van der Waals surface area contributed by atoms with Crippen LogP contribution in [-0.2, 0) is 11.3 Å². The van der Waals surface area contributed by atoms with Crippen molar-refractivity contribution in [3.8, 4) is 29.1 Å². The average Bonchev–Trinajstić information content (AvgIpc) is 2.65. The molecule has 0 saturated heterocycles. The maximum Gasteiger partial charge on any atom is 0.346 e. The largest absolute Gasteiger partial charge is 0.504 e. The molecule has 1 heterocycles. The monoisotopic (exact) mass is 383 g/mol. The third kappa shape index (κ3) is 3.59. The van der Waals surface area contributed by atoms with Gasteiger partial charge in [-0.15, -0.1) is 0 Å². The first kappa shape index (κ1) is 19.5. The zero-order valence-corrected chi connectivity index (χ0v) is 15.9. The minimum atomic E-state index is -0.822. The molecule has 0 radical (unpaired) electrons. The van der Waals surface area contributed by atoms with Gasteiger partial charge in [-0.2, -0.15) is 5.26 Å². The summed E-state index contributed by atoms with van der Waals surface area (Å²) in [6, 6.07) is 7.86. The Balaban J connectivity index is 2.13. The van der Waals surface area contributed by atoms with E-state index in [4.69, 9.17) is 19.5 Å². The minimum Gasteiger partial charge on any atom is -0.504 e. The molecule has 1 unspecified atom stereocenters. The van der Waals surface area contributed by atoms with E-state index in [0.717, 1.165) is 0 Å². The Hall–Kier alpha value is -3.24. The van der Waals surface area contributed by atoms with Gasteiger partial charge in [0.15, 0.2) is 11.5 Å². The van der Waals surface area contributed by atoms with E-state index in [1.54, 1.807) is 6.07 Å². The van der Waals surface area contributed by atoms with E-state index >= 15 is 0 Å². The van der Waals surface area contributed by atoms with Gasteiger partial charge < -0.3 is 24.4 Å². The maximum absolute atomic E-state index is 12.7. The zero-order valence-electron chi connectivity index (χ0n) is 15.9. The van der Waals surface area contributed by atoms with Crippen molar-refractivity contribution in [1.29, 1.82) is 5.26 Å². The van der Waals surface area contributed by atoms with E-state index in [1.165, 1.54) is 25.3 Å². The lowest BCUT2D eigenvalue weighted by Crippen LogP contribution is -2.15. The van der Waals surface area contributed by atoms with Gasteiger partial charge >= 0.3 is 5.97 Å². The van der Waals surface area contributed by atoms with E-state index in [1.807, 2.05) is 19.9 Å². The molecule has 2 aromatic carbocycles. The van der Waals surface area contributed by atoms with Crippen LogP contribution in [0.4, 0.5) is 0 Å². The molecule has 0 bridgehead atoms. The van der Waals surface area contributed by atoms with E-state index in [2.05, 4.69) is 0 Å². The van der Waals surface area contributed by atoms with Crippen LogP contribution in [0, 0.1) is 17.2 Å². The predicted molar refractivity (Wildman–Crippen MR) is 99.4 cm³/mol. The summed E-state index contributed by atoms with van der Waals surface area (Å²) in [6.07, 6.45) is -0.330. The SMILES string of the molecule is COc1c(C(O)CC(C)C)ccc2c1C(=O)OCc1cc(C#N)cc(O)c1O2. The first-order chi connectivity index (χ1) is 13.3. The van der Waals surface area contributed by atoms with Crippen molar-refractivity contribution >= 4 is 5.97 Å². The molecule has 2 N–H and O–H groups in total. The highest BCUT2D eigenvalue weighted by molar-refractivity contribution is 5.96. The van der Waals surface area contributed by atoms with Gasteiger partial charge in [0.25, 0.3) is 0 Å². The quantitative estimate of drug-likeness (QED) is 0.773. The second kappa shape index (κ2) is 7.79. The summed E-state index contributed by atoms with van der Waals surface area (Å²) in [6.45, 7) is 3.78. The smallest absolute Gasteiger partial charge is 0.346 e. The van der Waals surface area contributed by atoms with E-state index in [0.29, 0.717) is 17.5 Å². The molecular formula is C21H21NO6. The third-order valence-corrected chi connectivity index (χ3v) is 4.46. The van der Waals surface area contributed by atoms with Crippen LogP contribution in [0.3, 0.4) is 0 Å². The van der Waals surface area contributed by atoms with Crippen LogP contribution < -0.4 is 9.47 Å². The third-order valence-electron chi connectivity index (χ3n) is 4.46. The van der Waals surface area contributed by atoms with Gasteiger partial charge in [0, 0.05) is 17.2 Å². The van der Waals surface area contributed by atoms with E-state index in [-0.39, 0.29) is 46.6 Å². The lowest BCUT2D eigenvalue weighted by atomic mass is 9.96. The van der Waals surface area contributed by atoms with Crippen LogP contribution in [0.2, 0.25) is 0 Å². The summed E-state index contributed by atoms with van der Waals surface area (Å²) >= 11 is 0. The fourth-order valence-electron chi connectivity index (χ4n) is 3.20. The van der Waals surface area contributed by atoms with Crippen molar-refractivity contribution in [1.82, 2.24) is 0 Å². The Morgan fingerprint density at radius 3 is 2.71 bits per heavy atom. The fourth-order valence-corrected chi connectivity index (χ4v) is 3.20. The second-order valence-electron chi connectivity index (χ2n) is 6.98. The van der Waals surface area contributed by atoms with Crippen molar-refractivity contribution in [3.63, 3.8) is 0 Å². The molecule has 0 saturated carbocycles. The van der Waals surface area contributed by atoms with Crippen molar-refractivity contribution in [3.05, 3.63) is 46.5 Å². The first-order valence-corrected chi connectivity index (χ1v) is 8.85. The molecule has 7 nitrogen and oxygen atoms in total. The van der Waals surface area contributed by atoms with E-state index < -0.39 is 12.1 Å². The number of ether oxygens (including phenoxy) is 3. The molecule has 0 amide bonds. The Kier molecular flexibility index (Phi) is 5.43. The van der Waals surface area contributed by atoms with Crippen LogP contribution in [-0.4, -0.2) is 23.3 Å². The predicted octanol–water partition coefficient (Wildman–Crippen LogP) is 3.81. The molecule has 146 valence electrons. The molecule has 0 spiro atoms. The number of nitrogens with zero attached hydrogens (tertiary/aromatic N) is 1. The van der Waals surface area contributed by atoms with Gasteiger partial charge in [-0.05, 0) is 30.5 Å². The van der Waals surface area contributed by atoms with Crippen LogP contribution >= 0.6 is 0 Å². The highest BCUT2D eigenvalue weighted by Gasteiger charge is 2.30. The molecular weight excluding hydrogens is 362 g/mol. The molecule has 7 heteroatoms. The van der Waals surface area contributed by atoms with Gasteiger partial charge in [0.2, 0.25) is 0 Å². The lowest BCUT2D eigenvalue weighted by Gasteiger charge is -2.23. The van der Waals surface area contributed by atoms with Crippen molar-refractivity contribution < 1.29 is 29.2 Å². The number of phenolic OH excluding ortho intramolecular Hbond substituents is 1. The number of carbonyl (C=O) groups excluding carboxylic acids is 1. The summed E-state index contributed by atoms with van der Waals surface area (Å²) in [7, 11) is 1.40. The Labute approximate surface area is 162 Å². The molecule has 1 aliphatic rings. The van der Waals surface area contributed by atoms with Crippen molar-refractivity contribution in [2.24, 2.45) is 5.92 Å². The first-order valence-electron chi connectivity index (χ1n) is 8.85. The summed E-state index contributed by atoms with van der Waals surface area (Å²) < 4.78 is 16.6. The Morgan fingerprint density at radius 2 is 2.07 bits per heavy atom. The summed E-state index contributed by atoms with van der Waals surface area (Å²) in [4.78, 5) is 12.7. The average molecular weight is 383 g/mol. The van der Waals surface area contributed by atoms with Gasteiger partial charge in [-0.3, -0.25) is 0 Å². The number of esters is 1. The number of hydrogen-bond donors (Lipinski definition) is 2. The summed E-state index contributed by atoms with van der Waals surface area (Å²) in [5, 5.41) is 29.9. The fraction of sp³-hybridized carbons (Fsp3) is 0.333. The number of aliphatic hydroxyl groups is 1. The number of methoxy groups -OCH3 is 1. The number of nitriles is 1. The number of rotatable bonds is 4.